The highest BCUT2D eigenvalue weighted by molar-refractivity contribution is 5.17. The van der Waals surface area contributed by atoms with Crippen molar-refractivity contribution in [2.75, 3.05) is 0 Å². The molecule has 0 nitrogen and oxygen atoms in total. The number of hydrogen-bond acceptors (Lipinski definition) is 0. The third-order valence-corrected chi connectivity index (χ3v) is 8.92. The molecule has 0 heterocycles. The number of halogens is 21. The number of alkyl halides is 21. The molecule has 320 valence electrons. The first-order valence-corrected chi connectivity index (χ1v) is 17.3. The lowest BCUT2D eigenvalue weighted by Crippen LogP contribution is -2.76. The molecule has 0 unspecified atom stereocenters. The predicted octanol–water partition coefficient (Wildman–Crippen LogP) is 15.5. The first kappa shape index (κ1) is 51.5. The standard InChI is InChI=1S/C32H45F21/c1-2-3-4-5-6-7-8-9-10-11-12-13-14-15-16-17-18-19-20-21-22-23(33,34)24(35,36)25(37,38)26(39,40)27(41,42)28(43,44)29(45,46)30(47,48)31(49,50)32(51,52)53/h2-22H2,1H3. The third kappa shape index (κ3) is 11.3. The molecule has 0 aromatic carbocycles. The molecule has 0 saturated heterocycles. The van der Waals surface area contributed by atoms with Gasteiger partial charge in [0.05, 0.1) is 0 Å². The van der Waals surface area contributed by atoms with Crippen molar-refractivity contribution in [2.24, 2.45) is 0 Å². The molecule has 0 amide bonds. The molecule has 0 aromatic rings. The summed E-state index contributed by atoms with van der Waals surface area (Å²) in [6.07, 6.45) is 4.98. The van der Waals surface area contributed by atoms with Gasteiger partial charge in [0, 0.05) is 6.42 Å². The molecule has 0 aliphatic heterocycles. The Morgan fingerprint density at radius 3 is 0.642 bits per heavy atom. The number of unbranched alkanes of at least 4 members (excludes halogenated alkanes) is 19. The van der Waals surface area contributed by atoms with Gasteiger partial charge in [0.15, 0.2) is 0 Å². The van der Waals surface area contributed by atoms with E-state index in [0.29, 0.717) is 19.3 Å². The summed E-state index contributed by atoms with van der Waals surface area (Å²) in [6, 6.07) is 0. The van der Waals surface area contributed by atoms with Crippen molar-refractivity contribution in [2.45, 2.75) is 201 Å². The largest absolute Gasteiger partial charge is 0.460 e. The monoisotopic (exact) mass is 828 g/mol. The summed E-state index contributed by atoms with van der Waals surface area (Å²) in [6.45, 7) is 2.15. The van der Waals surface area contributed by atoms with E-state index in [9.17, 15) is 92.2 Å². The van der Waals surface area contributed by atoms with Crippen LogP contribution in [-0.2, 0) is 0 Å². The van der Waals surface area contributed by atoms with E-state index in [4.69, 9.17) is 0 Å². The Kier molecular flexibility index (Phi) is 19.1. The van der Waals surface area contributed by atoms with Crippen LogP contribution in [0.15, 0.2) is 0 Å². The predicted molar refractivity (Wildman–Crippen MR) is 153 cm³/mol. The van der Waals surface area contributed by atoms with E-state index >= 15 is 0 Å². The van der Waals surface area contributed by atoms with E-state index in [-0.39, 0.29) is 6.42 Å². The van der Waals surface area contributed by atoms with Gasteiger partial charge in [-0.3, -0.25) is 0 Å². The zero-order chi connectivity index (χ0) is 41.8. The Hall–Kier alpha value is -1.47. The maximum Gasteiger partial charge on any atom is 0.460 e. The maximum absolute atomic E-state index is 14.1. The van der Waals surface area contributed by atoms with Gasteiger partial charge in [-0.1, -0.05) is 129 Å². The summed E-state index contributed by atoms with van der Waals surface area (Å²) in [5.74, 6) is -76.3. The Balaban J connectivity index is 5.05. The normalized spacial score (nSPS) is 15.1. The van der Waals surface area contributed by atoms with Gasteiger partial charge in [0.1, 0.15) is 0 Å². The summed E-state index contributed by atoms with van der Waals surface area (Å²) in [7, 11) is 0. The van der Waals surface area contributed by atoms with Crippen molar-refractivity contribution >= 4 is 0 Å². The summed E-state index contributed by atoms with van der Waals surface area (Å²) >= 11 is 0. The first-order valence-electron chi connectivity index (χ1n) is 17.3. The second-order valence-electron chi connectivity index (χ2n) is 13.3. The van der Waals surface area contributed by atoms with Crippen LogP contribution in [0.2, 0.25) is 0 Å². The highest BCUT2D eigenvalue weighted by atomic mass is 19.4. The van der Waals surface area contributed by atoms with Gasteiger partial charge in [-0.25, -0.2) is 0 Å². The molecular weight excluding hydrogens is 783 g/mol. The van der Waals surface area contributed by atoms with Crippen molar-refractivity contribution in [3.63, 3.8) is 0 Å². The van der Waals surface area contributed by atoms with Gasteiger partial charge in [0.2, 0.25) is 0 Å². The molecule has 0 fully saturated rings. The molecule has 0 aliphatic rings. The van der Waals surface area contributed by atoms with E-state index in [0.717, 1.165) is 44.9 Å². The zero-order valence-electron chi connectivity index (χ0n) is 28.8. The quantitative estimate of drug-likeness (QED) is 0.0520. The highest BCUT2D eigenvalue weighted by Crippen LogP contribution is 2.66. The Bertz CT molecular complexity index is 1030. The molecule has 0 saturated carbocycles. The van der Waals surface area contributed by atoms with E-state index in [1.54, 1.807) is 0 Å². The van der Waals surface area contributed by atoms with Crippen LogP contribution in [0.25, 0.3) is 0 Å². The lowest BCUT2D eigenvalue weighted by molar-refractivity contribution is -0.474. The molecule has 0 radical (unpaired) electrons. The van der Waals surface area contributed by atoms with Gasteiger partial charge in [-0.2, -0.15) is 92.2 Å². The fourth-order valence-electron chi connectivity index (χ4n) is 5.35. The molecule has 21 heteroatoms. The van der Waals surface area contributed by atoms with E-state index < -0.39 is 78.7 Å². The average molecular weight is 829 g/mol. The second-order valence-corrected chi connectivity index (χ2v) is 13.3. The first-order chi connectivity index (χ1) is 23.8. The summed E-state index contributed by atoms with van der Waals surface area (Å²) < 4.78 is 283. The van der Waals surface area contributed by atoms with E-state index in [2.05, 4.69) is 6.92 Å². The molecule has 0 N–H and O–H groups in total. The van der Waals surface area contributed by atoms with Crippen molar-refractivity contribution in [1.82, 2.24) is 0 Å². The van der Waals surface area contributed by atoms with Gasteiger partial charge in [-0.15, -0.1) is 0 Å². The minimum absolute atomic E-state index is 0.0110. The molecule has 0 atom stereocenters. The van der Waals surface area contributed by atoms with Crippen molar-refractivity contribution in [3.8, 4) is 0 Å². The minimum Gasteiger partial charge on any atom is -0.200 e. The lowest BCUT2D eigenvalue weighted by atomic mass is 9.85. The van der Waals surface area contributed by atoms with Crippen LogP contribution in [0.4, 0.5) is 92.2 Å². The molecule has 0 spiro atoms. The zero-order valence-corrected chi connectivity index (χ0v) is 28.8. The van der Waals surface area contributed by atoms with Crippen LogP contribution in [0.5, 0.6) is 0 Å². The lowest BCUT2D eigenvalue weighted by Gasteiger charge is -2.44. The van der Waals surface area contributed by atoms with E-state index in [1.165, 1.54) is 44.9 Å². The Morgan fingerprint density at radius 1 is 0.226 bits per heavy atom. The fraction of sp³-hybridized carbons (Fsp3) is 1.00. The molecule has 53 heavy (non-hydrogen) atoms. The highest BCUT2D eigenvalue weighted by Gasteiger charge is 2.97. The number of rotatable bonds is 29. The molecule has 0 aliphatic carbocycles. The SMILES string of the molecule is CCCCCCCCCCCCCCCCCCCCCCC(F)(F)C(F)(F)C(F)(F)C(F)(F)C(F)(F)C(F)(F)C(F)(F)C(F)(F)C(F)(F)C(F)(F)F. The molecule has 0 bridgehead atoms. The van der Waals surface area contributed by atoms with Crippen molar-refractivity contribution in [3.05, 3.63) is 0 Å². The van der Waals surface area contributed by atoms with Gasteiger partial charge in [0.25, 0.3) is 0 Å². The van der Waals surface area contributed by atoms with Crippen molar-refractivity contribution < 1.29 is 92.2 Å². The molecular formula is C32H45F21. The van der Waals surface area contributed by atoms with Crippen LogP contribution >= 0.6 is 0 Å². The Labute approximate surface area is 294 Å². The van der Waals surface area contributed by atoms with Crippen LogP contribution in [-0.4, -0.2) is 59.5 Å². The topological polar surface area (TPSA) is 0 Å². The van der Waals surface area contributed by atoms with Gasteiger partial charge < -0.3 is 0 Å². The van der Waals surface area contributed by atoms with Crippen LogP contribution in [0.1, 0.15) is 142 Å². The molecule has 0 rings (SSSR count). The van der Waals surface area contributed by atoms with Gasteiger partial charge >= 0.3 is 59.5 Å². The van der Waals surface area contributed by atoms with Crippen molar-refractivity contribution in [1.29, 1.82) is 0 Å². The van der Waals surface area contributed by atoms with Crippen LogP contribution in [0.3, 0.4) is 0 Å². The van der Waals surface area contributed by atoms with Crippen LogP contribution < -0.4 is 0 Å². The van der Waals surface area contributed by atoms with E-state index in [1.807, 2.05) is 0 Å². The second kappa shape index (κ2) is 19.6. The summed E-state index contributed by atoms with van der Waals surface area (Å²) in [4.78, 5) is 0. The summed E-state index contributed by atoms with van der Waals surface area (Å²) in [5.41, 5.74) is 0. The smallest absolute Gasteiger partial charge is 0.200 e. The fourth-order valence-corrected chi connectivity index (χ4v) is 5.35. The average Bonchev–Trinajstić information content (AvgIpc) is 3.02. The number of hydrogen-bond donors (Lipinski definition) is 0. The summed E-state index contributed by atoms with van der Waals surface area (Å²) in [5, 5.41) is 0. The Morgan fingerprint density at radius 2 is 0.415 bits per heavy atom. The minimum atomic E-state index is -9.14. The van der Waals surface area contributed by atoms with Gasteiger partial charge in [-0.05, 0) is 6.42 Å². The maximum atomic E-state index is 14.1. The molecule has 0 aromatic heterocycles. The third-order valence-electron chi connectivity index (χ3n) is 8.92. The van der Waals surface area contributed by atoms with Crippen LogP contribution in [0, 0.1) is 0 Å².